The Morgan fingerprint density at radius 1 is 1.16 bits per heavy atom. The largest absolute Gasteiger partial charge is 0.350 e. The van der Waals surface area contributed by atoms with Gasteiger partial charge in [0.1, 0.15) is 0 Å². The van der Waals surface area contributed by atoms with Crippen LogP contribution in [0.1, 0.15) is 27.5 Å². The van der Waals surface area contributed by atoms with Gasteiger partial charge >= 0.3 is 0 Å². The van der Waals surface area contributed by atoms with Crippen molar-refractivity contribution in [2.45, 2.75) is 13.0 Å². The highest BCUT2D eigenvalue weighted by Gasteiger charge is 2.24. The minimum absolute atomic E-state index is 0.0701. The summed E-state index contributed by atoms with van der Waals surface area (Å²) in [6, 6.07) is 12.4. The first-order valence-corrected chi connectivity index (χ1v) is 8.81. The molecule has 25 heavy (non-hydrogen) atoms. The predicted molar refractivity (Wildman–Crippen MR) is 99.6 cm³/mol. The van der Waals surface area contributed by atoms with Crippen molar-refractivity contribution in [1.82, 2.24) is 20.1 Å². The predicted octanol–water partition coefficient (Wildman–Crippen LogP) is 2.11. The van der Waals surface area contributed by atoms with Gasteiger partial charge in [0.25, 0.3) is 5.91 Å². The molecular weight excluding hydrogens is 312 g/mol. The van der Waals surface area contributed by atoms with Crippen LogP contribution in [0.2, 0.25) is 0 Å². The molecule has 132 valence electrons. The maximum Gasteiger partial charge on any atom is 0.252 e. The van der Waals surface area contributed by atoms with E-state index in [1.807, 2.05) is 0 Å². The molecular formula is C20H26N4O. The molecule has 1 unspecified atom stereocenters. The number of likely N-dealkylation sites (N-methyl/N-ethyl adjacent to an activating group) is 1. The molecule has 1 saturated heterocycles. The topological polar surface area (TPSA) is 48.5 Å². The molecule has 1 aromatic carbocycles. The lowest BCUT2D eigenvalue weighted by Gasteiger charge is -2.38. The SMILES string of the molecule is Cc1ccc(C(CNC(=O)c2cccnc2)N2CCN(C)CC2)cc1. The smallest absolute Gasteiger partial charge is 0.252 e. The van der Waals surface area contributed by atoms with Gasteiger partial charge in [0.15, 0.2) is 0 Å². The van der Waals surface area contributed by atoms with Crippen LogP contribution in [0.3, 0.4) is 0 Å². The van der Waals surface area contributed by atoms with E-state index in [-0.39, 0.29) is 11.9 Å². The number of aromatic nitrogens is 1. The van der Waals surface area contributed by atoms with Gasteiger partial charge in [0, 0.05) is 45.1 Å². The minimum atomic E-state index is -0.0701. The standard InChI is InChI=1S/C20H26N4O/c1-16-5-7-17(8-6-16)19(24-12-10-23(2)11-13-24)15-22-20(25)18-4-3-9-21-14-18/h3-9,14,19H,10-13,15H2,1-2H3,(H,22,25). The molecule has 1 fully saturated rings. The van der Waals surface area contributed by atoms with Crippen molar-refractivity contribution in [2.75, 3.05) is 39.8 Å². The van der Waals surface area contributed by atoms with Crippen LogP contribution in [0.4, 0.5) is 0 Å². The highest BCUT2D eigenvalue weighted by Crippen LogP contribution is 2.22. The molecule has 1 aromatic heterocycles. The number of amides is 1. The van der Waals surface area contributed by atoms with Crippen LogP contribution in [-0.4, -0.2) is 60.5 Å². The summed E-state index contributed by atoms with van der Waals surface area (Å²) in [5, 5.41) is 3.09. The maximum absolute atomic E-state index is 12.4. The number of aryl methyl sites for hydroxylation is 1. The van der Waals surface area contributed by atoms with Crippen LogP contribution >= 0.6 is 0 Å². The Balaban J connectivity index is 1.72. The van der Waals surface area contributed by atoms with E-state index in [4.69, 9.17) is 0 Å². The van der Waals surface area contributed by atoms with Gasteiger partial charge in [0.05, 0.1) is 11.6 Å². The second-order valence-corrected chi connectivity index (χ2v) is 6.72. The number of piperazine rings is 1. The van der Waals surface area contributed by atoms with Gasteiger partial charge in [-0.05, 0) is 31.7 Å². The fraction of sp³-hybridized carbons (Fsp3) is 0.400. The first kappa shape index (κ1) is 17.6. The van der Waals surface area contributed by atoms with E-state index in [9.17, 15) is 4.79 Å². The van der Waals surface area contributed by atoms with Gasteiger partial charge in [-0.1, -0.05) is 29.8 Å². The van der Waals surface area contributed by atoms with Gasteiger partial charge in [-0.2, -0.15) is 0 Å². The van der Waals surface area contributed by atoms with E-state index in [0.29, 0.717) is 12.1 Å². The average molecular weight is 338 g/mol. The molecule has 1 aliphatic heterocycles. The summed E-state index contributed by atoms with van der Waals surface area (Å²) in [6.45, 7) is 6.83. The lowest BCUT2D eigenvalue weighted by molar-refractivity contribution is 0.0886. The van der Waals surface area contributed by atoms with Crippen molar-refractivity contribution in [3.8, 4) is 0 Å². The summed E-state index contributed by atoms with van der Waals surface area (Å²) in [5.74, 6) is -0.0701. The normalized spacial score (nSPS) is 17.2. The lowest BCUT2D eigenvalue weighted by Crippen LogP contribution is -2.48. The number of pyridine rings is 1. The van der Waals surface area contributed by atoms with Gasteiger partial charge in [-0.3, -0.25) is 14.7 Å². The lowest BCUT2D eigenvalue weighted by atomic mass is 10.0. The Kier molecular flexibility index (Phi) is 5.79. The van der Waals surface area contributed by atoms with Crippen LogP contribution in [0, 0.1) is 6.92 Å². The molecule has 1 N–H and O–H groups in total. The quantitative estimate of drug-likeness (QED) is 0.907. The Morgan fingerprint density at radius 2 is 1.88 bits per heavy atom. The van der Waals surface area contributed by atoms with E-state index < -0.39 is 0 Å². The number of carbonyl (C=O) groups is 1. The Hall–Kier alpha value is -2.24. The van der Waals surface area contributed by atoms with Gasteiger partial charge in [0.2, 0.25) is 0 Å². The summed E-state index contributed by atoms with van der Waals surface area (Å²) in [5.41, 5.74) is 3.10. The summed E-state index contributed by atoms with van der Waals surface area (Å²) in [4.78, 5) is 21.2. The first-order chi connectivity index (χ1) is 12.1. The number of nitrogens with zero attached hydrogens (tertiary/aromatic N) is 3. The molecule has 5 heteroatoms. The van der Waals surface area contributed by atoms with Crippen LogP contribution in [0.25, 0.3) is 0 Å². The molecule has 1 amide bonds. The van der Waals surface area contributed by atoms with Crippen molar-refractivity contribution < 1.29 is 4.79 Å². The Bertz CT molecular complexity index is 679. The van der Waals surface area contributed by atoms with Gasteiger partial charge < -0.3 is 10.2 Å². The number of nitrogens with one attached hydrogen (secondary N) is 1. The third-order valence-electron chi connectivity index (χ3n) is 4.82. The number of rotatable bonds is 5. The van der Waals surface area contributed by atoms with E-state index in [0.717, 1.165) is 26.2 Å². The fourth-order valence-corrected chi connectivity index (χ4v) is 3.17. The molecule has 0 radical (unpaired) electrons. The van der Waals surface area contributed by atoms with Crippen LogP contribution in [0.5, 0.6) is 0 Å². The maximum atomic E-state index is 12.4. The Morgan fingerprint density at radius 3 is 2.52 bits per heavy atom. The molecule has 5 nitrogen and oxygen atoms in total. The zero-order valence-corrected chi connectivity index (χ0v) is 15.0. The van der Waals surface area contributed by atoms with Crippen LogP contribution in [0.15, 0.2) is 48.8 Å². The van der Waals surface area contributed by atoms with Crippen LogP contribution in [-0.2, 0) is 0 Å². The molecule has 0 bridgehead atoms. The van der Waals surface area contributed by atoms with Gasteiger partial charge in [-0.15, -0.1) is 0 Å². The first-order valence-electron chi connectivity index (χ1n) is 8.81. The third-order valence-corrected chi connectivity index (χ3v) is 4.82. The molecule has 0 aliphatic carbocycles. The number of hydrogen-bond donors (Lipinski definition) is 1. The molecule has 0 saturated carbocycles. The zero-order chi connectivity index (χ0) is 17.6. The summed E-state index contributed by atoms with van der Waals surface area (Å²) < 4.78 is 0. The van der Waals surface area contributed by atoms with E-state index in [1.165, 1.54) is 11.1 Å². The average Bonchev–Trinajstić information content (AvgIpc) is 2.65. The van der Waals surface area contributed by atoms with Gasteiger partial charge in [-0.25, -0.2) is 0 Å². The van der Waals surface area contributed by atoms with Crippen molar-refractivity contribution in [3.63, 3.8) is 0 Å². The minimum Gasteiger partial charge on any atom is -0.350 e. The van der Waals surface area contributed by atoms with Crippen molar-refractivity contribution in [2.24, 2.45) is 0 Å². The van der Waals surface area contributed by atoms with E-state index in [2.05, 4.69) is 58.3 Å². The van der Waals surface area contributed by atoms with Crippen LogP contribution < -0.4 is 5.32 Å². The molecule has 0 spiro atoms. The molecule has 1 aliphatic rings. The second-order valence-electron chi connectivity index (χ2n) is 6.72. The summed E-state index contributed by atoms with van der Waals surface area (Å²) in [6.07, 6.45) is 3.28. The monoisotopic (exact) mass is 338 g/mol. The molecule has 1 atom stereocenters. The molecule has 2 heterocycles. The summed E-state index contributed by atoms with van der Waals surface area (Å²) >= 11 is 0. The van der Waals surface area contributed by atoms with Crippen molar-refractivity contribution in [1.29, 1.82) is 0 Å². The summed E-state index contributed by atoms with van der Waals surface area (Å²) in [7, 11) is 2.16. The van der Waals surface area contributed by atoms with Crippen molar-refractivity contribution >= 4 is 5.91 Å². The van der Waals surface area contributed by atoms with E-state index >= 15 is 0 Å². The highest BCUT2D eigenvalue weighted by atomic mass is 16.1. The number of hydrogen-bond acceptors (Lipinski definition) is 4. The Labute approximate surface area is 149 Å². The molecule has 3 rings (SSSR count). The molecule has 2 aromatic rings. The zero-order valence-electron chi connectivity index (χ0n) is 15.0. The second kappa shape index (κ2) is 8.23. The van der Waals surface area contributed by atoms with Crippen molar-refractivity contribution in [3.05, 3.63) is 65.5 Å². The van der Waals surface area contributed by atoms with E-state index in [1.54, 1.807) is 24.5 Å². The highest BCUT2D eigenvalue weighted by molar-refractivity contribution is 5.93. The number of benzene rings is 1. The third kappa shape index (κ3) is 4.65. The fourth-order valence-electron chi connectivity index (χ4n) is 3.17. The number of carbonyl (C=O) groups excluding carboxylic acids is 1.